The van der Waals surface area contributed by atoms with Crippen molar-refractivity contribution in [3.63, 3.8) is 0 Å². The van der Waals surface area contributed by atoms with E-state index in [-0.39, 0.29) is 0 Å². The van der Waals surface area contributed by atoms with E-state index in [1.165, 1.54) is 33.0 Å². The molecule has 7 rings (SSSR count). The first-order valence-electron chi connectivity index (χ1n) is 10.1. The van der Waals surface area contributed by atoms with Crippen molar-refractivity contribution >= 4 is 32.6 Å². The number of hydrogen-bond acceptors (Lipinski definition) is 2. The topological polar surface area (TPSA) is 25.8 Å². The van der Waals surface area contributed by atoms with Crippen LogP contribution in [-0.4, -0.2) is 9.97 Å². The SMILES string of the molecule is c1ccc2c(c1)-c1cccc3cccc-2c13.c1cnc2c(c1)ccc1cccnc12. The Morgan fingerprint density at radius 3 is 1.37 bits per heavy atom. The summed E-state index contributed by atoms with van der Waals surface area (Å²) in [5.41, 5.74) is 7.45. The van der Waals surface area contributed by atoms with E-state index < -0.39 is 0 Å². The molecule has 1 aliphatic carbocycles. The van der Waals surface area contributed by atoms with Gasteiger partial charge in [0.2, 0.25) is 0 Å². The minimum absolute atomic E-state index is 0.977. The molecule has 0 amide bonds. The zero-order valence-corrected chi connectivity index (χ0v) is 16.3. The van der Waals surface area contributed by atoms with Crippen molar-refractivity contribution < 1.29 is 0 Å². The Balaban J connectivity index is 0.000000118. The van der Waals surface area contributed by atoms with Crippen LogP contribution >= 0.6 is 0 Å². The third-order valence-electron chi connectivity index (χ3n) is 5.76. The molecule has 0 saturated carbocycles. The van der Waals surface area contributed by atoms with Gasteiger partial charge in [-0.25, -0.2) is 0 Å². The van der Waals surface area contributed by atoms with Crippen molar-refractivity contribution in [2.45, 2.75) is 0 Å². The van der Waals surface area contributed by atoms with Gasteiger partial charge >= 0.3 is 0 Å². The first-order valence-corrected chi connectivity index (χ1v) is 10.1. The second-order valence-corrected chi connectivity index (χ2v) is 7.47. The molecule has 1 aliphatic rings. The molecule has 0 unspecified atom stereocenters. The molecule has 6 aromatic rings. The van der Waals surface area contributed by atoms with Crippen LogP contribution < -0.4 is 0 Å². The number of aromatic nitrogens is 2. The van der Waals surface area contributed by atoms with E-state index in [0.29, 0.717) is 0 Å². The van der Waals surface area contributed by atoms with Crippen molar-refractivity contribution in [2.24, 2.45) is 0 Å². The van der Waals surface area contributed by atoms with Crippen LogP contribution in [0.5, 0.6) is 0 Å². The lowest BCUT2D eigenvalue weighted by molar-refractivity contribution is 1.37. The lowest BCUT2D eigenvalue weighted by Gasteiger charge is -2.00. The van der Waals surface area contributed by atoms with Gasteiger partial charge in [0.05, 0.1) is 11.0 Å². The van der Waals surface area contributed by atoms with Gasteiger partial charge in [-0.2, -0.15) is 0 Å². The molecule has 0 spiro atoms. The van der Waals surface area contributed by atoms with Crippen LogP contribution in [0, 0.1) is 0 Å². The summed E-state index contributed by atoms with van der Waals surface area (Å²) in [5, 5.41) is 5.02. The number of pyridine rings is 2. The molecule has 0 aliphatic heterocycles. The van der Waals surface area contributed by atoms with Gasteiger partial charge in [-0.15, -0.1) is 0 Å². The highest BCUT2D eigenvalue weighted by atomic mass is 14.7. The molecular weight excluding hydrogens is 364 g/mol. The van der Waals surface area contributed by atoms with Crippen LogP contribution in [0.25, 0.3) is 54.8 Å². The van der Waals surface area contributed by atoms with Gasteiger partial charge in [-0.1, -0.05) is 84.9 Å². The maximum atomic E-state index is 4.35. The molecule has 0 bridgehead atoms. The summed E-state index contributed by atoms with van der Waals surface area (Å²) in [4.78, 5) is 8.69. The molecule has 2 aromatic heterocycles. The summed E-state index contributed by atoms with van der Waals surface area (Å²) in [6.07, 6.45) is 3.60. The highest BCUT2D eigenvalue weighted by Gasteiger charge is 2.19. The van der Waals surface area contributed by atoms with Crippen LogP contribution in [0.3, 0.4) is 0 Å². The summed E-state index contributed by atoms with van der Waals surface area (Å²) in [6, 6.07) is 33.9. The molecule has 0 saturated heterocycles. The Morgan fingerprint density at radius 1 is 0.367 bits per heavy atom. The predicted octanol–water partition coefficient (Wildman–Crippen LogP) is 7.27. The summed E-state index contributed by atoms with van der Waals surface area (Å²) >= 11 is 0. The molecule has 0 N–H and O–H groups in total. The van der Waals surface area contributed by atoms with Gasteiger partial charge < -0.3 is 0 Å². The standard InChI is InChI=1S/C16H10.C12H8N2/c1-2-8-13-12(7-1)14-9-3-5-11-6-4-10-15(13)16(11)14;1-3-9-5-6-10-4-2-8-14-12(10)11(9)13-7-1/h1-10H;1-8H. The number of benzene rings is 4. The zero-order chi connectivity index (χ0) is 19.9. The van der Waals surface area contributed by atoms with Crippen LogP contribution in [-0.2, 0) is 0 Å². The van der Waals surface area contributed by atoms with Crippen molar-refractivity contribution in [1.82, 2.24) is 9.97 Å². The molecule has 2 heterocycles. The van der Waals surface area contributed by atoms with Gasteiger partial charge in [-0.3, -0.25) is 9.97 Å². The van der Waals surface area contributed by atoms with Crippen molar-refractivity contribution in [3.05, 3.63) is 109 Å². The van der Waals surface area contributed by atoms with Crippen LogP contribution in [0.1, 0.15) is 0 Å². The second-order valence-electron chi connectivity index (χ2n) is 7.47. The quantitative estimate of drug-likeness (QED) is 0.258. The maximum Gasteiger partial charge on any atom is 0.0964 e. The molecule has 4 aromatic carbocycles. The van der Waals surface area contributed by atoms with Gasteiger partial charge in [0, 0.05) is 23.2 Å². The van der Waals surface area contributed by atoms with Crippen molar-refractivity contribution in [2.75, 3.05) is 0 Å². The van der Waals surface area contributed by atoms with E-state index in [2.05, 4.69) is 94.9 Å². The highest BCUT2D eigenvalue weighted by Crippen LogP contribution is 2.46. The number of fused-ring (bicyclic) bond motifs is 6. The first kappa shape index (κ1) is 16.9. The van der Waals surface area contributed by atoms with E-state index in [0.717, 1.165) is 21.8 Å². The average molecular weight is 382 g/mol. The lowest BCUT2D eigenvalue weighted by atomic mass is 10.0. The zero-order valence-electron chi connectivity index (χ0n) is 16.3. The minimum atomic E-state index is 0.977. The Morgan fingerprint density at radius 2 is 0.833 bits per heavy atom. The summed E-state index contributed by atoms with van der Waals surface area (Å²) in [5.74, 6) is 0. The van der Waals surface area contributed by atoms with E-state index in [1.54, 1.807) is 12.4 Å². The Hall–Kier alpha value is -4.04. The largest absolute Gasteiger partial charge is 0.254 e. The van der Waals surface area contributed by atoms with E-state index >= 15 is 0 Å². The summed E-state index contributed by atoms with van der Waals surface area (Å²) in [7, 11) is 0. The molecular formula is C28H18N2. The fourth-order valence-corrected chi connectivity index (χ4v) is 4.42. The molecule has 0 atom stereocenters. The van der Waals surface area contributed by atoms with E-state index in [1.807, 2.05) is 12.1 Å². The molecule has 30 heavy (non-hydrogen) atoms. The highest BCUT2D eigenvalue weighted by molar-refractivity contribution is 6.15. The van der Waals surface area contributed by atoms with E-state index in [4.69, 9.17) is 0 Å². The average Bonchev–Trinajstić information content (AvgIpc) is 3.16. The van der Waals surface area contributed by atoms with Gasteiger partial charge in [-0.05, 0) is 45.2 Å². The third-order valence-corrected chi connectivity index (χ3v) is 5.76. The number of hydrogen-bond donors (Lipinski definition) is 0. The van der Waals surface area contributed by atoms with Crippen molar-refractivity contribution in [3.8, 4) is 22.3 Å². The van der Waals surface area contributed by atoms with Gasteiger partial charge in [0.1, 0.15) is 0 Å². The summed E-state index contributed by atoms with van der Waals surface area (Å²) in [6.45, 7) is 0. The summed E-state index contributed by atoms with van der Waals surface area (Å²) < 4.78 is 0. The van der Waals surface area contributed by atoms with Crippen molar-refractivity contribution in [1.29, 1.82) is 0 Å². The third kappa shape index (κ3) is 2.58. The van der Waals surface area contributed by atoms with Gasteiger partial charge in [0.25, 0.3) is 0 Å². The maximum absolute atomic E-state index is 4.35. The second kappa shape index (κ2) is 6.78. The first-order chi connectivity index (χ1) is 14.9. The molecule has 2 nitrogen and oxygen atoms in total. The Bertz CT molecular complexity index is 1440. The monoisotopic (exact) mass is 382 g/mol. The smallest absolute Gasteiger partial charge is 0.0964 e. The molecule has 2 heteroatoms. The predicted molar refractivity (Wildman–Crippen MR) is 125 cm³/mol. The number of nitrogens with zero attached hydrogens (tertiary/aromatic N) is 2. The van der Waals surface area contributed by atoms with Gasteiger partial charge in [0.15, 0.2) is 0 Å². The van der Waals surface area contributed by atoms with Crippen LogP contribution in [0.2, 0.25) is 0 Å². The fourth-order valence-electron chi connectivity index (χ4n) is 4.42. The van der Waals surface area contributed by atoms with E-state index in [9.17, 15) is 0 Å². The molecule has 140 valence electrons. The fraction of sp³-hybridized carbons (Fsp3) is 0. The van der Waals surface area contributed by atoms with Crippen LogP contribution in [0.4, 0.5) is 0 Å². The normalized spacial score (nSPS) is 11.3. The molecule has 0 radical (unpaired) electrons. The Labute approximate surface area is 174 Å². The lowest BCUT2D eigenvalue weighted by Crippen LogP contribution is -1.83. The minimum Gasteiger partial charge on any atom is -0.254 e. The van der Waals surface area contributed by atoms with Crippen LogP contribution in [0.15, 0.2) is 109 Å². The molecule has 0 fully saturated rings. The number of rotatable bonds is 0. The Kier molecular flexibility index (Phi) is 3.82.